The van der Waals surface area contributed by atoms with Gasteiger partial charge in [-0.3, -0.25) is 4.98 Å². The molecule has 23 heavy (non-hydrogen) atoms. The van der Waals surface area contributed by atoms with Gasteiger partial charge in [0.2, 0.25) is 0 Å². The highest BCUT2D eigenvalue weighted by Crippen LogP contribution is 2.48. The van der Waals surface area contributed by atoms with Crippen molar-refractivity contribution in [3.05, 3.63) is 28.7 Å². The zero-order valence-corrected chi connectivity index (χ0v) is 15.0. The molecule has 0 amide bonds. The topological polar surface area (TPSA) is 70.1 Å². The molecular formula is C15H22Cl3N3O2. The number of fused-ring (bicyclic) bond motifs is 1. The molecule has 0 atom stereocenters. The summed E-state index contributed by atoms with van der Waals surface area (Å²) in [6.07, 6.45) is 5.11. The van der Waals surface area contributed by atoms with Crippen LogP contribution in [0.1, 0.15) is 25.7 Å². The van der Waals surface area contributed by atoms with E-state index < -0.39 is 5.76 Å². The number of aromatic nitrogens is 1. The zero-order chi connectivity index (χ0) is 13.6. The Morgan fingerprint density at radius 1 is 1.13 bits per heavy atom. The van der Waals surface area contributed by atoms with Crippen LogP contribution >= 0.6 is 37.2 Å². The van der Waals surface area contributed by atoms with Crippen LogP contribution in [0.4, 0.5) is 5.69 Å². The first-order valence-corrected chi connectivity index (χ1v) is 7.33. The molecule has 1 spiro atoms. The van der Waals surface area contributed by atoms with Gasteiger partial charge in [0.05, 0.1) is 5.52 Å². The Bertz CT molecular complexity index is 687. The molecule has 1 aromatic heterocycles. The van der Waals surface area contributed by atoms with Crippen molar-refractivity contribution in [2.45, 2.75) is 31.7 Å². The third-order valence-corrected chi connectivity index (χ3v) is 4.81. The van der Waals surface area contributed by atoms with E-state index in [-0.39, 0.29) is 37.2 Å². The van der Waals surface area contributed by atoms with Gasteiger partial charge in [-0.1, -0.05) is 0 Å². The Kier molecular flexibility index (Phi) is 6.83. The average molecular weight is 383 g/mol. The van der Waals surface area contributed by atoms with Gasteiger partial charge in [0, 0.05) is 17.8 Å². The van der Waals surface area contributed by atoms with Crippen molar-refractivity contribution < 1.29 is 4.42 Å². The number of benzene rings is 1. The number of halogens is 3. The van der Waals surface area contributed by atoms with Crippen LogP contribution in [0.15, 0.2) is 27.4 Å². The summed E-state index contributed by atoms with van der Waals surface area (Å²) in [5, 5.41) is 6.98. The second-order valence-electron chi connectivity index (χ2n) is 6.22. The van der Waals surface area contributed by atoms with Crippen molar-refractivity contribution in [2.24, 2.45) is 5.41 Å². The van der Waals surface area contributed by atoms with Gasteiger partial charge in [0.25, 0.3) is 0 Å². The number of hydrogen-bond acceptors (Lipinski definition) is 4. The van der Waals surface area contributed by atoms with E-state index in [1.165, 1.54) is 25.7 Å². The highest BCUT2D eigenvalue weighted by atomic mass is 35.5. The third kappa shape index (κ3) is 3.97. The normalized spacial score (nSPS) is 19.1. The fraction of sp³-hybridized carbons (Fsp3) is 0.533. The smallest absolute Gasteiger partial charge is 0.408 e. The molecule has 2 fully saturated rings. The van der Waals surface area contributed by atoms with Gasteiger partial charge in [-0.25, -0.2) is 4.79 Å². The van der Waals surface area contributed by atoms with Crippen molar-refractivity contribution in [1.82, 2.24) is 10.3 Å². The quantitative estimate of drug-likeness (QED) is 0.745. The lowest BCUT2D eigenvalue weighted by Gasteiger charge is -2.50. The molecule has 1 saturated carbocycles. The number of piperidine rings is 1. The van der Waals surface area contributed by atoms with Crippen molar-refractivity contribution in [3.63, 3.8) is 0 Å². The minimum Gasteiger partial charge on any atom is -0.408 e. The van der Waals surface area contributed by atoms with E-state index in [0.717, 1.165) is 24.3 Å². The molecule has 2 aliphatic rings. The van der Waals surface area contributed by atoms with Gasteiger partial charge in [-0.15, -0.1) is 37.2 Å². The molecule has 8 heteroatoms. The largest absolute Gasteiger partial charge is 0.417 e. The zero-order valence-electron chi connectivity index (χ0n) is 12.6. The van der Waals surface area contributed by atoms with Crippen LogP contribution in [-0.2, 0) is 0 Å². The Labute approximate surface area is 153 Å². The summed E-state index contributed by atoms with van der Waals surface area (Å²) < 4.78 is 5.09. The van der Waals surface area contributed by atoms with Crippen LogP contribution < -0.4 is 16.4 Å². The van der Waals surface area contributed by atoms with E-state index in [4.69, 9.17) is 4.42 Å². The first-order valence-electron chi connectivity index (χ1n) is 7.33. The van der Waals surface area contributed by atoms with Gasteiger partial charge < -0.3 is 15.1 Å². The molecular weight excluding hydrogens is 361 g/mol. The highest BCUT2D eigenvalue weighted by molar-refractivity contribution is 5.86. The summed E-state index contributed by atoms with van der Waals surface area (Å²) in [7, 11) is 0. The first-order chi connectivity index (χ1) is 9.72. The van der Waals surface area contributed by atoms with Crippen molar-refractivity contribution in [1.29, 1.82) is 0 Å². The third-order valence-electron chi connectivity index (χ3n) is 4.81. The summed E-state index contributed by atoms with van der Waals surface area (Å²) in [6.45, 7) is 2.32. The Morgan fingerprint density at radius 3 is 2.52 bits per heavy atom. The molecule has 1 aromatic carbocycles. The monoisotopic (exact) mass is 381 g/mol. The summed E-state index contributed by atoms with van der Waals surface area (Å²) >= 11 is 0. The molecule has 2 aromatic rings. The van der Waals surface area contributed by atoms with Crippen LogP contribution in [0.3, 0.4) is 0 Å². The van der Waals surface area contributed by atoms with Crippen LogP contribution in [0.25, 0.3) is 11.1 Å². The first kappa shape index (κ1) is 20.2. The molecule has 3 N–H and O–H groups in total. The van der Waals surface area contributed by atoms with Crippen molar-refractivity contribution >= 4 is 54.0 Å². The number of anilines is 1. The molecule has 1 aliphatic heterocycles. The number of H-pyrrole nitrogens is 1. The molecule has 0 bridgehead atoms. The van der Waals surface area contributed by atoms with Gasteiger partial charge in [-0.05, 0) is 56.3 Å². The molecule has 5 nitrogen and oxygen atoms in total. The molecule has 0 unspecified atom stereocenters. The minimum atomic E-state index is -0.394. The maximum atomic E-state index is 11.1. The molecule has 130 valence electrons. The van der Waals surface area contributed by atoms with Gasteiger partial charge in [0.1, 0.15) is 0 Å². The Hall–Kier alpha value is -0.880. The Morgan fingerprint density at radius 2 is 1.83 bits per heavy atom. The summed E-state index contributed by atoms with van der Waals surface area (Å²) in [4.78, 5) is 13.8. The van der Waals surface area contributed by atoms with Gasteiger partial charge in [0.15, 0.2) is 5.58 Å². The standard InChI is InChI=1S/C15H19N3O2.3ClH/c19-14-18-12-2-1-10(7-13(12)20-14)17-11-8-15(9-11)3-5-16-6-4-15;;;/h1-2,7,11,16-17H,3-6,8-9H2,(H,18,19);3*1H. The fourth-order valence-corrected chi connectivity index (χ4v) is 3.72. The summed E-state index contributed by atoms with van der Waals surface area (Å²) in [6, 6.07) is 6.35. The Balaban J connectivity index is 0.000000882. The lowest BCUT2D eigenvalue weighted by atomic mass is 9.60. The lowest BCUT2D eigenvalue weighted by Crippen LogP contribution is -2.50. The molecule has 2 heterocycles. The van der Waals surface area contributed by atoms with E-state index in [2.05, 4.69) is 15.6 Å². The van der Waals surface area contributed by atoms with Crippen LogP contribution in [0.2, 0.25) is 0 Å². The van der Waals surface area contributed by atoms with E-state index >= 15 is 0 Å². The number of aromatic amines is 1. The van der Waals surface area contributed by atoms with Gasteiger partial charge in [-0.2, -0.15) is 0 Å². The number of oxazole rings is 1. The highest BCUT2D eigenvalue weighted by Gasteiger charge is 2.44. The second kappa shape index (κ2) is 7.79. The van der Waals surface area contributed by atoms with Crippen molar-refractivity contribution in [2.75, 3.05) is 18.4 Å². The van der Waals surface area contributed by atoms with E-state index in [9.17, 15) is 4.79 Å². The number of hydrogen-bond donors (Lipinski definition) is 3. The molecule has 0 radical (unpaired) electrons. The SMILES string of the molecule is Cl.Cl.Cl.O=c1[nH]c2ccc(NC3CC4(CCNCC4)C3)cc2o1. The average Bonchev–Trinajstić information content (AvgIpc) is 2.77. The fourth-order valence-electron chi connectivity index (χ4n) is 3.72. The number of nitrogens with one attached hydrogen (secondary N) is 3. The molecule has 1 saturated heterocycles. The van der Waals surface area contributed by atoms with Crippen LogP contribution in [-0.4, -0.2) is 24.1 Å². The maximum absolute atomic E-state index is 11.1. The van der Waals surface area contributed by atoms with E-state index in [1.54, 1.807) is 0 Å². The van der Waals surface area contributed by atoms with Gasteiger partial charge >= 0.3 is 5.76 Å². The van der Waals surface area contributed by atoms with Crippen LogP contribution in [0.5, 0.6) is 0 Å². The van der Waals surface area contributed by atoms with Crippen LogP contribution in [0, 0.1) is 5.41 Å². The van der Waals surface area contributed by atoms with Crippen molar-refractivity contribution in [3.8, 4) is 0 Å². The predicted molar refractivity (Wildman–Crippen MR) is 99.8 cm³/mol. The second-order valence-corrected chi connectivity index (χ2v) is 6.22. The maximum Gasteiger partial charge on any atom is 0.417 e. The predicted octanol–water partition coefficient (Wildman–Crippen LogP) is 3.33. The molecule has 4 rings (SSSR count). The summed E-state index contributed by atoms with van der Waals surface area (Å²) in [5.41, 5.74) is 2.99. The molecule has 1 aliphatic carbocycles. The lowest BCUT2D eigenvalue weighted by molar-refractivity contribution is 0.0719. The number of rotatable bonds is 2. The van der Waals surface area contributed by atoms with E-state index in [0.29, 0.717) is 17.0 Å². The van der Waals surface area contributed by atoms with E-state index in [1.807, 2.05) is 18.2 Å². The summed E-state index contributed by atoms with van der Waals surface area (Å²) in [5.74, 6) is -0.394. The minimum absolute atomic E-state index is 0.